The average molecular weight is 279 g/mol. The Hall–Kier alpha value is -1.82. The number of nitrogens with one attached hydrogen (secondary N) is 1. The van der Waals surface area contributed by atoms with Gasteiger partial charge in [-0.25, -0.2) is 9.18 Å². The fourth-order valence-electron chi connectivity index (χ4n) is 3.27. The fourth-order valence-corrected chi connectivity index (χ4v) is 3.27. The average Bonchev–Trinajstić information content (AvgIpc) is 2.44. The molecule has 0 saturated carbocycles. The Balaban J connectivity index is 1.87. The van der Waals surface area contributed by atoms with Gasteiger partial charge in [-0.2, -0.15) is 0 Å². The molecule has 1 aromatic carbocycles. The number of carboxylic acids is 1. The van der Waals surface area contributed by atoms with Crippen LogP contribution in [0.15, 0.2) is 12.1 Å². The van der Waals surface area contributed by atoms with Crippen LogP contribution in [0.2, 0.25) is 0 Å². The summed E-state index contributed by atoms with van der Waals surface area (Å²) in [6.45, 7) is 3.13. The van der Waals surface area contributed by atoms with Gasteiger partial charge in [0.15, 0.2) is 0 Å². The van der Waals surface area contributed by atoms with Gasteiger partial charge in [0, 0.05) is 12.6 Å². The van der Waals surface area contributed by atoms with E-state index in [1.54, 1.807) is 0 Å². The maximum atomic E-state index is 13.4. The SMILES string of the molecule is Nc1c(F)ccc(NC2CN3CCC2CC3)c1C(=O)O. The summed E-state index contributed by atoms with van der Waals surface area (Å²) in [4.78, 5) is 13.7. The first-order chi connectivity index (χ1) is 9.56. The topological polar surface area (TPSA) is 78.6 Å². The number of halogens is 1. The van der Waals surface area contributed by atoms with Crippen LogP contribution < -0.4 is 11.1 Å². The van der Waals surface area contributed by atoms with Crippen LogP contribution in [0.4, 0.5) is 15.8 Å². The van der Waals surface area contributed by atoms with Gasteiger partial charge in [-0.3, -0.25) is 0 Å². The Morgan fingerprint density at radius 3 is 2.65 bits per heavy atom. The third kappa shape index (κ3) is 2.20. The fraction of sp³-hybridized carbons (Fsp3) is 0.500. The van der Waals surface area contributed by atoms with Crippen molar-refractivity contribution in [3.63, 3.8) is 0 Å². The minimum atomic E-state index is -1.20. The number of nitrogens with zero attached hydrogens (tertiary/aromatic N) is 1. The first-order valence-electron chi connectivity index (χ1n) is 6.86. The van der Waals surface area contributed by atoms with E-state index in [1.807, 2.05) is 0 Å². The van der Waals surface area contributed by atoms with Crippen LogP contribution in [0.3, 0.4) is 0 Å². The number of carboxylic acid groups (broad SMARTS) is 1. The molecule has 4 N–H and O–H groups in total. The smallest absolute Gasteiger partial charge is 0.340 e. The molecule has 5 nitrogen and oxygen atoms in total. The number of rotatable bonds is 3. The predicted octanol–water partition coefficient (Wildman–Crippen LogP) is 1.61. The molecule has 2 bridgehead atoms. The van der Waals surface area contributed by atoms with Crippen molar-refractivity contribution in [1.29, 1.82) is 0 Å². The summed E-state index contributed by atoms with van der Waals surface area (Å²) in [6, 6.07) is 2.89. The molecular formula is C14H18FN3O2. The van der Waals surface area contributed by atoms with E-state index >= 15 is 0 Å². The normalized spacial score (nSPS) is 28.4. The lowest BCUT2D eigenvalue weighted by Gasteiger charge is -2.45. The van der Waals surface area contributed by atoms with E-state index in [9.17, 15) is 14.3 Å². The molecule has 0 aromatic heterocycles. The minimum Gasteiger partial charge on any atom is -0.478 e. The monoisotopic (exact) mass is 279 g/mol. The van der Waals surface area contributed by atoms with Crippen molar-refractivity contribution in [2.24, 2.45) is 5.92 Å². The zero-order chi connectivity index (χ0) is 14.3. The van der Waals surface area contributed by atoms with Crippen molar-refractivity contribution in [2.45, 2.75) is 18.9 Å². The molecule has 3 aliphatic heterocycles. The van der Waals surface area contributed by atoms with Crippen LogP contribution in [-0.2, 0) is 0 Å². The second-order valence-electron chi connectivity index (χ2n) is 5.58. The second kappa shape index (κ2) is 4.94. The lowest BCUT2D eigenvalue weighted by Crippen LogP contribution is -2.53. The third-order valence-corrected chi connectivity index (χ3v) is 4.40. The first kappa shape index (κ1) is 13.2. The van der Waals surface area contributed by atoms with Gasteiger partial charge < -0.3 is 21.1 Å². The van der Waals surface area contributed by atoms with Gasteiger partial charge in [0.25, 0.3) is 0 Å². The zero-order valence-electron chi connectivity index (χ0n) is 11.1. The number of hydrogen-bond donors (Lipinski definition) is 3. The summed E-state index contributed by atoms with van der Waals surface area (Å²) in [5.41, 5.74) is 5.50. The maximum absolute atomic E-state index is 13.4. The predicted molar refractivity (Wildman–Crippen MR) is 74.3 cm³/mol. The molecule has 1 atom stereocenters. The zero-order valence-corrected chi connectivity index (χ0v) is 11.1. The Morgan fingerprint density at radius 2 is 2.10 bits per heavy atom. The van der Waals surface area contributed by atoms with Gasteiger partial charge in [-0.1, -0.05) is 0 Å². The summed E-state index contributed by atoms with van der Waals surface area (Å²) >= 11 is 0. The number of anilines is 2. The highest BCUT2D eigenvalue weighted by Gasteiger charge is 2.34. The van der Waals surface area contributed by atoms with Gasteiger partial charge >= 0.3 is 5.97 Å². The van der Waals surface area contributed by atoms with Gasteiger partial charge in [0.2, 0.25) is 0 Å². The number of piperidine rings is 3. The highest BCUT2D eigenvalue weighted by molar-refractivity contribution is 6.00. The number of fused-ring (bicyclic) bond motifs is 3. The Kier molecular flexibility index (Phi) is 3.25. The van der Waals surface area contributed by atoms with Gasteiger partial charge in [0.05, 0.1) is 11.4 Å². The van der Waals surface area contributed by atoms with Crippen molar-refractivity contribution in [3.05, 3.63) is 23.5 Å². The Morgan fingerprint density at radius 1 is 1.40 bits per heavy atom. The summed E-state index contributed by atoms with van der Waals surface area (Å²) in [7, 11) is 0. The Bertz CT molecular complexity index is 541. The number of hydrogen-bond acceptors (Lipinski definition) is 4. The molecule has 20 heavy (non-hydrogen) atoms. The molecule has 0 radical (unpaired) electrons. The summed E-state index contributed by atoms with van der Waals surface area (Å²) < 4.78 is 13.4. The van der Waals surface area contributed by atoms with Crippen LogP contribution in [-0.4, -0.2) is 41.7 Å². The maximum Gasteiger partial charge on any atom is 0.340 e. The van der Waals surface area contributed by atoms with Crippen molar-refractivity contribution < 1.29 is 14.3 Å². The number of carbonyl (C=O) groups is 1. The van der Waals surface area contributed by atoms with Crippen LogP contribution in [0.5, 0.6) is 0 Å². The molecule has 3 fully saturated rings. The summed E-state index contributed by atoms with van der Waals surface area (Å²) in [5.74, 6) is -1.35. The number of aromatic carboxylic acids is 1. The van der Waals surface area contributed by atoms with Crippen molar-refractivity contribution in [1.82, 2.24) is 4.90 Å². The van der Waals surface area contributed by atoms with E-state index in [-0.39, 0.29) is 17.3 Å². The van der Waals surface area contributed by atoms with E-state index in [4.69, 9.17) is 5.73 Å². The molecule has 1 aromatic rings. The van der Waals surface area contributed by atoms with E-state index in [1.165, 1.54) is 12.1 Å². The molecule has 3 heterocycles. The quantitative estimate of drug-likeness (QED) is 0.733. The van der Waals surface area contributed by atoms with Crippen LogP contribution in [0, 0.1) is 11.7 Å². The molecule has 4 rings (SSSR count). The highest BCUT2D eigenvalue weighted by Crippen LogP contribution is 2.32. The van der Waals surface area contributed by atoms with Gasteiger partial charge in [-0.15, -0.1) is 0 Å². The molecule has 0 aliphatic carbocycles. The molecule has 0 spiro atoms. The van der Waals surface area contributed by atoms with E-state index in [0.29, 0.717) is 11.6 Å². The largest absolute Gasteiger partial charge is 0.478 e. The summed E-state index contributed by atoms with van der Waals surface area (Å²) in [6.07, 6.45) is 2.24. The van der Waals surface area contributed by atoms with Crippen LogP contribution in [0.1, 0.15) is 23.2 Å². The second-order valence-corrected chi connectivity index (χ2v) is 5.58. The number of nitrogens with two attached hydrogens (primary N) is 1. The van der Waals surface area contributed by atoms with E-state index < -0.39 is 11.8 Å². The lowest BCUT2D eigenvalue weighted by atomic mass is 9.84. The van der Waals surface area contributed by atoms with Crippen LogP contribution in [0.25, 0.3) is 0 Å². The molecule has 1 unspecified atom stereocenters. The van der Waals surface area contributed by atoms with Crippen molar-refractivity contribution >= 4 is 17.3 Å². The Labute approximate surface area is 116 Å². The van der Waals surface area contributed by atoms with Crippen molar-refractivity contribution in [2.75, 3.05) is 30.7 Å². The lowest BCUT2D eigenvalue weighted by molar-refractivity contribution is 0.0697. The van der Waals surface area contributed by atoms with Crippen molar-refractivity contribution in [3.8, 4) is 0 Å². The first-order valence-corrected chi connectivity index (χ1v) is 6.86. The number of benzene rings is 1. The van der Waals surface area contributed by atoms with Crippen LogP contribution >= 0.6 is 0 Å². The van der Waals surface area contributed by atoms with Gasteiger partial charge in [0.1, 0.15) is 11.4 Å². The molecular weight excluding hydrogens is 261 g/mol. The summed E-state index contributed by atoms with van der Waals surface area (Å²) in [5, 5.41) is 12.5. The van der Waals surface area contributed by atoms with E-state index in [0.717, 1.165) is 32.5 Å². The van der Waals surface area contributed by atoms with E-state index in [2.05, 4.69) is 10.2 Å². The minimum absolute atomic E-state index is 0.165. The number of nitrogen functional groups attached to an aromatic ring is 1. The molecule has 0 amide bonds. The highest BCUT2D eigenvalue weighted by atomic mass is 19.1. The molecule has 6 heteroatoms. The standard InChI is InChI=1S/C14H18FN3O2/c15-9-1-2-10(12(13(9)16)14(19)20)17-11-7-18-5-3-8(11)4-6-18/h1-2,8,11,17H,3-7,16H2,(H,19,20). The molecule has 3 saturated heterocycles. The van der Waals surface area contributed by atoms with Gasteiger partial charge in [-0.05, 0) is 44.0 Å². The molecule has 3 aliphatic rings. The third-order valence-electron chi connectivity index (χ3n) is 4.40. The molecule has 108 valence electrons.